The van der Waals surface area contributed by atoms with Gasteiger partial charge in [-0.1, -0.05) is 6.42 Å². The van der Waals surface area contributed by atoms with E-state index in [1.807, 2.05) is 6.07 Å². The van der Waals surface area contributed by atoms with E-state index in [4.69, 9.17) is 10.5 Å². The lowest BCUT2D eigenvalue weighted by Crippen LogP contribution is -2.58. The summed E-state index contributed by atoms with van der Waals surface area (Å²) in [7, 11) is 1.33. The molecule has 3 unspecified atom stereocenters. The number of likely N-dealkylation sites (tertiary alicyclic amines) is 2. The van der Waals surface area contributed by atoms with Gasteiger partial charge < -0.3 is 20.7 Å². The molecule has 3 N–H and O–H groups in total. The van der Waals surface area contributed by atoms with E-state index in [0.29, 0.717) is 34.6 Å². The highest BCUT2D eigenvalue weighted by Crippen LogP contribution is 2.48. The molecular weight excluding hydrogens is 572 g/mol. The molecule has 2 saturated heterocycles. The quantitative estimate of drug-likeness (QED) is 0.394. The Kier molecular flexibility index (Phi) is 7.18. The number of pyridine rings is 1. The van der Waals surface area contributed by atoms with Crippen LogP contribution < -0.4 is 15.8 Å². The Hall–Kier alpha value is -4.01. The van der Waals surface area contributed by atoms with Gasteiger partial charge in [0.2, 0.25) is 11.8 Å². The van der Waals surface area contributed by atoms with Crippen LogP contribution in [0.5, 0.6) is 5.88 Å². The minimum absolute atomic E-state index is 0.0196. The molecule has 2 aliphatic heterocycles. The number of nitrogens with two attached hydrogens (primary N) is 1. The molecule has 0 radical (unpaired) electrons. The normalized spacial score (nSPS) is 22.3. The molecule has 11 nitrogen and oxygen atoms in total. The van der Waals surface area contributed by atoms with Gasteiger partial charge in [-0.2, -0.15) is 18.3 Å². The Bertz CT molecular complexity index is 1570. The first-order valence-corrected chi connectivity index (χ1v) is 14.1. The molecule has 0 bridgehead atoms. The summed E-state index contributed by atoms with van der Waals surface area (Å²) in [5.74, 6) is -4.00. The van der Waals surface area contributed by atoms with Crippen molar-refractivity contribution in [3.63, 3.8) is 0 Å². The first-order chi connectivity index (χ1) is 20.4. The summed E-state index contributed by atoms with van der Waals surface area (Å²) in [6, 6.07) is 2.24. The van der Waals surface area contributed by atoms with Crippen LogP contribution in [-0.4, -0.2) is 92.9 Å². The lowest BCUT2D eigenvalue weighted by molar-refractivity contribution is -0.185. The summed E-state index contributed by atoms with van der Waals surface area (Å²) in [5.41, 5.74) is 9.37. The largest absolute Gasteiger partial charge is 0.480 e. The Labute approximate surface area is 244 Å². The second-order valence-electron chi connectivity index (χ2n) is 11.8. The van der Waals surface area contributed by atoms with Crippen LogP contribution in [0.2, 0.25) is 0 Å². The van der Waals surface area contributed by atoms with Crippen LogP contribution in [-0.2, 0) is 11.3 Å². The minimum atomic E-state index is -4.75. The van der Waals surface area contributed by atoms with Crippen molar-refractivity contribution in [2.75, 3.05) is 39.0 Å². The van der Waals surface area contributed by atoms with E-state index in [1.165, 1.54) is 45.0 Å². The molecule has 3 aliphatic rings. The number of halogens is 4. The molecule has 230 valence electrons. The van der Waals surface area contributed by atoms with Crippen LogP contribution in [0.3, 0.4) is 0 Å². The molecule has 2 amide bonds. The van der Waals surface area contributed by atoms with Crippen molar-refractivity contribution in [2.45, 2.75) is 51.1 Å². The predicted octanol–water partition coefficient (Wildman–Crippen LogP) is 2.85. The second-order valence-corrected chi connectivity index (χ2v) is 11.8. The fourth-order valence-electron chi connectivity index (χ4n) is 6.38. The molecule has 5 heterocycles. The van der Waals surface area contributed by atoms with Gasteiger partial charge in [-0.15, -0.1) is 0 Å². The van der Waals surface area contributed by atoms with Crippen molar-refractivity contribution in [3.8, 4) is 17.1 Å². The average molecular weight is 605 g/mol. The number of fused-ring (bicyclic) bond motifs is 1. The van der Waals surface area contributed by atoms with Crippen LogP contribution in [0.1, 0.15) is 42.1 Å². The van der Waals surface area contributed by atoms with Gasteiger partial charge in [0.1, 0.15) is 29.5 Å². The number of rotatable bonds is 7. The van der Waals surface area contributed by atoms with Crippen molar-refractivity contribution in [3.05, 3.63) is 35.8 Å². The third-order valence-corrected chi connectivity index (χ3v) is 8.91. The van der Waals surface area contributed by atoms with Crippen molar-refractivity contribution in [1.29, 1.82) is 0 Å². The fourth-order valence-corrected chi connectivity index (χ4v) is 6.38. The van der Waals surface area contributed by atoms with E-state index in [1.54, 1.807) is 4.52 Å². The Morgan fingerprint density at radius 1 is 1.21 bits per heavy atom. The SMILES string of the molecule is COc1ncc(-c2cc(CN3CC4(CCC4)C3)c3c(N)ncnn23)cc1C(=O)NC1CN(C(=O)C(C)C(F)(F)F)CC1F. The summed E-state index contributed by atoms with van der Waals surface area (Å²) in [4.78, 5) is 37.2. The highest BCUT2D eigenvalue weighted by atomic mass is 19.4. The number of aromatic nitrogens is 4. The average Bonchev–Trinajstić information content (AvgIpc) is 3.48. The zero-order valence-electron chi connectivity index (χ0n) is 23.7. The summed E-state index contributed by atoms with van der Waals surface area (Å²) < 4.78 is 60.9. The molecular formula is C28H32F4N8O3. The molecule has 1 spiro atoms. The molecule has 3 aromatic rings. The maximum atomic E-state index is 14.8. The lowest BCUT2D eigenvalue weighted by atomic mass is 9.63. The highest BCUT2D eigenvalue weighted by Gasteiger charge is 2.48. The van der Waals surface area contributed by atoms with Crippen molar-refractivity contribution in [2.24, 2.45) is 11.3 Å². The van der Waals surface area contributed by atoms with Crippen molar-refractivity contribution >= 4 is 23.1 Å². The van der Waals surface area contributed by atoms with Gasteiger partial charge in [0.25, 0.3) is 5.91 Å². The summed E-state index contributed by atoms with van der Waals surface area (Å²) >= 11 is 0. The number of ether oxygens (including phenoxy) is 1. The van der Waals surface area contributed by atoms with Gasteiger partial charge in [0.05, 0.1) is 25.4 Å². The van der Waals surface area contributed by atoms with E-state index < -0.39 is 49.2 Å². The molecule has 43 heavy (non-hydrogen) atoms. The van der Waals surface area contributed by atoms with Crippen LogP contribution in [0.4, 0.5) is 23.4 Å². The van der Waals surface area contributed by atoms with Crippen molar-refractivity contribution < 1.29 is 31.9 Å². The number of carbonyl (C=O) groups excluding carboxylic acids is 2. The van der Waals surface area contributed by atoms with Gasteiger partial charge in [0, 0.05) is 37.9 Å². The maximum Gasteiger partial charge on any atom is 0.400 e. The first kappa shape index (κ1) is 29.1. The van der Waals surface area contributed by atoms with Gasteiger partial charge in [-0.25, -0.2) is 18.9 Å². The molecule has 0 aromatic carbocycles. The Balaban J connectivity index is 1.24. The Morgan fingerprint density at radius 3 is 2.60 bits per heavy atom. The molecule has 1 saturated carbocycles. The molecule has 3 atom stereocenters. The zero-order valence-corrected chi connectivity index (χ0v) is 23.7. The minimum Gasteiger partial charge on any atom is -0.480 e. The van der Waals surface area contributed by atoms with E-state index >= 15 is 0 Å². The number of nitrogens with zero attached hydrogens (tertiary/aromatic N) is 6. The summed E-state index contributed by atoms with van der Waals surface area (Å²) in [6.45, 7) is 2.47. The van der Waals surface area contributed by atoms with E-state index in [0.717, 1.165) is 30.5 Å². The van der Waals surface area contributed by atoms with E-state index in [-0.39, 0.29) is 11.4 Å². The second kappa shape index (κ2) is 10.6. The maximum absolute atomic E-state index is 14.8. The van der Waals surface area contributed by atoms with E-state index in [2.05, 4.69) is 25.3 Å². The lowest BCUT2D eigenvalue weighted by Gasteiger charge is -2.56. The third kappa shape index (κ3) is 5.23. The highest BCUT2D eigenvalue weighted by molar-refractivity contribution is 5.98. The molecule has 15 heteroatoms. The number of carbonyl (C=O) groups is 2. The number of amides is 2. The Morgan fingerprint density at radius 2 is 1.95 bits per heavy atom. The van der Waals surface area contributed by atoms with Crippen molar-refractivity contribution in [1.82, 2.24) is 34.7 Å². The molecule has 3 aromatic heterocycles. The molecule has 3 fully saturated rings. The van der Waals surface area contributed by atoms with Crippen LogP contribution in [0.25, 0.3) is 16.8 Å². The fraction of sp³-hybridized carbons (Fsp3) is 0.536. The summed E-state index contributed by atoms with van der Waals surface area (Å²) in [6.07, 6.45) is 0.117. The number of nitrogen functional groups attached to an aromatic ring is 1. The number of alkyl halides is 4. The number of anilines is 1. The number of nitrogens with one attached hydrogen (secondary N) is 1. The smallest absolute Gasteiger partial charge is 0.400 e. The molecule has 6 rings (SSSR count). The predicted molar refractivity (Wildman–Crippen MR) is 147 cm³/mol. The van der Waals surface area contributed by atoms with Gasteiger partial charge >= 0.3 is 6.18 Å². The van der Waals surface area contributed by atoms with Gasteiger partial charge in [0.15, 0.2) is 5.82 Å². The topological polar surface area (TPSA) is 131 Å². The monoisotopic (exact) mass is 604 g/mol. The van der Waals surface area contributed by atoms with Crippen LogP contribution in [0.15, 0.2) is 24.7 Å². The molecule has 1 aliphatic carbocycles. The van der Waals surface area contributed by atoms with Gasteiger partial charge in [-0.3, -0.25) is 14.5 Å². The number of hydrogen-bond acceptors (Lipinski definition) is 8. The third-order valence-electron chi connectivity index (χ3n) is 8.91. The van der Waals surface area contributed by atoms with Crippen LogP contribution >= 0.6 is 0 Å². The van der Waals surface area contributed by atoms with Gasteiger partial charge in [-0.05, 0) is 42.9 Å². The van der Waals surface area contributed by atoms with Crippen LogP contribution in [0, 0.1) is 11.3 Å². The summed E-state index contributed by atoms with van der Waals surface area (Å²) in [5, 5.41) is 6.90. The number of hydrogen-bond donors (Lipinski definition) is 2. The zero-order chi connectivity index (χ0) is 30.7. The standard InChI is InChI=1S/C28H32F4N8O3/c1-15(28(30,31)32)26(42)39-10-19(29)20(11-39)37-24(41)18-6-16(8-34-25(18)43-2)21-7-17(22-23(33)35-14-36-40(21)22)9-38-12-27(13-38)4-3-5-27/h6-8,14-15,19-20H,3-5,9-13H2,1-2H3,(H,37,41)(H2,33,35,36). The van der Waals surface area contributed by atoms with E-state index in [9.17, 15) is 27.2 Å². The first-order valence-electron chi connectivity index (χ1n) is 14.1. The number of methoxy groups -OCH3 is 1.